The molecule has 0 saturated carbocycles. The van der Waals surface area contributed by atoms with Gasteiger partial charge in [0.15, 0.2) is 0 Å². The van der Waals surface area contributed by atoms with Crippen LogP contribution < -0.4 is 10.6 Å². The maximum absolute atomic E-state index is 12.4. The number of methoxy groups -OCH3 is 2. The van der Waals surface area contributed by atoms with Crippen LogP contribution in [0.15, 0.2) is 85.1 Å². The van der Waals surface area contributed by atoms with Crippen LogP contribution in [-0.4, -0.2) is 44.1 Å². The quantitative estimate of drug-likeness (QED) is 0.416. The Kier molecular flexibility index (Phi) is 9.71. The van der Waals surface area contributed by atoms with Gasteiger partial charge in [0.05, 0.1) is 14.2 Å². The Morgan fingerprint density at radius 2 is 1.44 bits per heavy atom. The minimum Gasteiger partial charge on any atom is -0.467 e. The van der Waals surface area contributed by atoms with Crippen molar-refractivity contribution in [3.05, 3.63) is 96.2 Å². The summed E-state index contributed by atoms with van der Waals surface area (Å²) < 4.78 is 9.68. The Hall–Kier alpha value is -3.87. The molecule has 2 aromatic rings. The van der Waals surface area contributed by atoms with Gasteiger partial charge in [-0.15, -0.1) is 0 Å². The summed E-state index contributed by atoms with van der Waals surface area (Å²) in [6.45, 7) is 3.91. The minimum absolute atomic E-state index is 0.188. The molecule has 7 nitrogen and oxygen atoms in total. The maximum atomic E-state index is 12.4. The third-order valence-corrected chi connectivity index (χ3v) is 4.65. The van der Waals surface area contributed by atoms with Gasteiger partial charge in [-0.3, -0.25) is 4.79 Å². The van der Waals surface area contributed by atoms with Crippen LogP contribution in [0, 0.1) is 0 Å². The van der Waals surface area contributed by atoms with E-state index in [4.69, 9.17) is 9.47 Å². The van der Waals surface area contributed by atoms with Gasteiger partial charge in [0.2, 0.25) is 0 Å². The monoisotopic (exact) mass is 436 g/mol. The van der Waals surface area contributed by atoms with Crippen molar-refractivity contribution in [2.75, 3.05) is 14.2 Å². The first-order valence-electron chi connectivity index (χ1n) is 10.1. The van der Waals surface area contributed by atoms with E-state index in [-0.39, 0.29) is 12.3 Å². The van der Waals surface area contributed by atoms with E-state index in [0.29, 0.717) is 17.7 Å². The first kappa shape index (κ1) is 24.4. The van der Waals surface area contributed by atoms with Crippen LogP contribution in [0.3, 0.4) is 0 Å². The molecule has 0 aromatic heterocycles. The Balaban J connectivity index is 1.98. The number of hydrogen-bond acceptors (Lipinski definition) is 6. The van der Waals surface area contributed by atoms with Crippen molar-refractivity contribution in [1.82, 2.24) is 10.6 Å². The lowest BCUT2D eigenvalue weighted by Gasteiger charge is -2.18. The molecule has 0 aliphatic rings. The van der Waals surface area contributed by atoms with Gasteiger partial charge in [-0.25, -0.2) is 9.59 Å². The summed E-state index contributed by atoms with van der Waals surface area (Å²) in [5.41, 5.74) is 1.88. The summed E-state index contributed by atoms with van der Waals surface area (Å²) in [6.07, 6.45) is 3.94. The van der Waals surface area contributed by atoms with E-state index in [1.165, 1.54) is 14.2 Å². The highest BCUT2D eigenvalue weighted by Gasteiger charge is 2.22. The molecule has 2 rings (SSSR count). The molecule has 0 bridgehead atoms. The largest absolute Gasteiger partial charge is 0.467 e. The lowest BCUT2D eigenvalue weighted by atomic mass is 10.1. The smallest absolute Gasteiger partial charge is 0.328 e. The molecule has 0 spiro atoms. The van der Waals surface area contributed by atoms with Crippen LogP contribution in [-0.2, 0) is 25.5 Å². The standard InChI is InChI=1S/C25H28N2O5/c1-18(26-22(25(30)32-3)17-19-12-6-4-7-13-19)11-10-16-21(24(29)31-2)27-23(28)20-14-8-5-9-15-20/h4-15,21-22,26H,1,16-17H2,2-3H3,(H,27,28). The number of esters is 2. The molecule has 7 heteroatoms. The van der Waals surface area contributed by atoms with E-state index < -0.39 is 24.0 Å². The molecule has 2 N–H and O–H groups in total. The molecule has 0 aliphatic heterocycles. The SMILES string of the molecule is C=C(C=CCC(NC(=O)c1ccccc1)C(=O)OC)NC(Cc1ccccc1)C(=O)OC. The van der Waals surface area contributed by atoms with Crippen molar-refractivity contribution in [1.29, 1.82) is 0 Å². The second-order valence-electron chi connectivity index (χ2n) is 6.99. The molecular formula is C25H28N2O5. The molecule has 0 radical (unpaired) electrons. The Morgan fingerprint density at radius 1 is 0.875 bits per heavy atom. The summed E-state index contributed by atoms with van der Waals surface area (Å²) >= 11 is 0. The number of nitrogens with one attached hydrogen (secondary N) is 2. The van der Waals surface area contributed by atoms with Crippen LogP contribution in [0.2, 0.25) is 0 Å². The molecule has 2 aromatic carbocycles. The second kappa shape index (κ2) is 12.7. The van der Waals surface area contributed by atoms with Gasteiger partial charge < -0.3 is 20.1 Å². The van der Waals surface area contributed by atoms with Crippen molar-refractivity contribution in [3.63, 3.8) is 0 Å². The van der Waals surface area contributed by atoms with Crippen LogP contribution in [0.4, 0.5) is 0 Å². The zero-order valence-electron chi connectivity index (χ0n) is 18.2. The van der Waals surface area contributed by atoms with Gasteiger partial charge in [-0.2, -0.15) is 0 Å². The van der Waals surface area contributed by atoms with Gasteiger partial charge in [0.25, 0.3) is 5.91 Å². The average Bonchev–Trinajstić information content (AvgIpc) is 2.83. The normalized spacial score (nSPS) is 12.4. The van der Waals surface area contributed by atoms with Gasteiger partial charge >= 0.3 is 11.9 Å². The number of carbonyl (C=O) groups is 3. The van der Waals surface area contributed by atoms with E-state index in [0.717, 1.165) is 5.56 Å². The molecule has 0 fully saturated rings. The number of carbonyl (C=O) groups excluding carboxylic acids is 3. The predicted molar refractivity (Wildman–Crippen MR) is 122 cm³/mol. The van der Waals surface area contributed by atoms with E-state index in [1.54, 1.807) is 42.5 Å². The first-order valence-corrected chi connectivity index (χ1v) is 10.1. The molecule has 0 heterocycles. The molecular weight excluding hydrogens is 408 g/mol. The van der Waals surface area contributed by atoms with Gasteiger partial charge in [-0.05, 0) is 30.2 Å². The summed E-state index contributed by atoms with van der Waals surface area (Å²) in [5.74, 6) is -1.35. The van der Waals surface area contributed by atoms with Crippen LogP contribution >= 0.6 is 0 Å². The molecule has 0 saturated heterocycles. The van der Waals surface area contributed by atoms with Gasteiger partial charge in [0.1, 0.15) is 12.1 Å². The highest BCUT2D eigenvalue weighted by molar-refractivity contribution is 5.96. The first-order chi connectivity index (χ1) is 15.4. The fourth-order valence-electron chi connectivity index (χ4n) is 2.99. The Labute approximate surface area is 188 Å². The third kappa shape index (κ3) is 7.75. The molecule has 0 aliphatic carbocycles. The van der Waals surface area contributed by atoms with E-state index in [2.05, 4.69) is 17.2 Å². The highest BCUT2D eigenvalue weighted by atomic mass is 16.5. The minimum atomic E-state index is -0.863. The van der Waals surface area contributed by atoms with E-state index in [9.17, 15) is 14.4 Å². The third-order valence-electron chi connectivity index (χ3n) is 4.65. The fraction of sp³-hybridized carbons (Fsp3) is 0.240. The number of ether oxygens (including phenoxy) is 2. The van der Waals surface area contributed by atoms with Crippen molar-refractivity contribution < 1.29 is 23.9 Å². The molecule has 2 atom stereocenters. The molecule has 1 amide bonds. The number of benzene rings is 2. The fourth-order valence-corrected chi connectivity index (χ4v) is 2.99. The summed E-state index contributed by atoms with van der Waals surface area (Å²) in [7, 11) is 2.59. The zero-order chi connectivity index (χ0) is 23.3. The summed E-state index contributed by atoms with van der Waals surface area (Å²) in [6, 6.07) is 16.7. The molecule has 168 valence electrons. The van der Waals surface area contributed by atoms with Crippen molar-refractivity contribution in [2.24, 2.45) is 0 Å². The van der Waals surface area contributed by atoms with E-state index >= 15 is 0 Å². The lowest BCUT2D eigenvalue weighted by molar-refractivity contribution is -0.143. The number of rotatable bonds is 11. The topological polar surface area (TPSA) is 93.7 Å². The van der Waals surface area contributed by atoms with Crippen molar-refractivity contribution in [3.8, 4) is 0 Å². The summed E-state index contributed by atoms with van der Waals surface area (Å²) in [5, 5.41) is 5.71. The number of allylic oxidation sites excluding steroid dienone is 1. The molecule has 2 unspecified atom stereocenters. The van der Waals surface area contributed by atoms with Crippen LogP contribution in [0.1, 0.15) is 22.3 Å². The van der Waals surface area contributed by atoms with Gasteiger partial charge in [-0.1, -0.05) is 61.2 Å². The van der Waals surface area contributed by atoms with Crippen molar-refractivity contribution in [2.45, 2.75) is 24.9 Å². The second-order valence-corrected chi connectivity index (χ2v) is 6.99. The summed E-state index contributed by atoms with van der Waals surface area (Å²) in [4.78, 5) is 36.6. The van der Waals surface area contributed by atoms with Crippen LogP contribution in [0.25, 0.3) is 0 Å². The van der Waals surface area contributed by atoms with Crippen molar-refractivity contribution >= 4 is 17.8 Å². The predicted octanol–water partition coefficient (Wildman–Crippen LogP) is 2.79. The zero-order valence-corrected chi connectivity index (χ0v) is 18.2. The lowest BCUT2D eigenvalue weighted by Crippen LogP contribution is -2.41. The highest BCUT2D eigenvalue weighted by Crippen LogP contribution is 2.08. The van der Waals surface area contributed by atoms with Gasteiger partial charge in [0, 0.05) is 17.7 Å². The van der Waals surface area contributed by atoms with Crippen LogP contribution in [0.5, 0.6) is 0 Å². The molecule has 32 heavy (non-hydrogen) atoms. The number of hydrogen-bond donors (Lipinski definition) is 2. The van der Waals surface area contributed by atoms with E-state index in [1.807, 2.05) is 30.3 Å². The Bertz CT molecular complexity index is 941. The Morgan fingerprint density at radius 3 is 2.03 bits per heavy atom. The number of amides is 1. The average molecular weight is 437 g/mol. The maximum Gasteiger partial charge on any atom is 0.328 e.